The molecule has 1 saturated heterocycles. The molecule has 5 nitrogen and oxygen atoms in total. The van der Waals surface area contributed by atoms with Crippen LogP contribution < -0.4 is 10.6 Å². The number of ether oxygens (including phenoxy) is 1. The topological polar surface area (TPSA) is 53.6 Å². The van der Waals surface area contributed by atoms with Crippen LogP contribution in [0.15, 0.2) is 0 Å². The Kier molecular flexibility index (Phi) is 7.23. The third-order valence-corrected chi connectivity index (χ3v) is 3.34. The zero-order chi connectivity index (χ0) is 13.4. The van der Waals surface area contributed by atoms with Gasteiger partial charge in [-0.3, -0.25) is 4.79 Å². The van der Waals surface area contributed by atoms with E-state index < -0.39 is 0 Å². The maximum atomic E-state index is 11.7. The molecular formula is C13H27N3O2. The van der Waals surface area contributed by atoms with Gasteiger partial charge < -0.3 is 20.3 Å². The fourth-order valence-corrected chi connectivity index (χ4v) is 1.80. The highest BCUT2D eigenvalue weighted by molar-refractivity contribution is 5.81. The quantitative estimate of drug-likeness (QED) is 0.640. The lowest BCUT2D eigenvalue weighted by Crippen LogP contribution is -2.48. The van der Waals surface area contributed by atoms with Gasteiger partial charge in [0, 0.05) is 25.7 Å². The number of unbranched alkanes of at least 4 members (excludes halogenated alkanes) is 1. The summed E-state index contributed by atoms with van der Waals surface area (Å²) in [6.45, 7) is 8.29. The Balaban J connectivity index is 2.01. The van der Waals surface area contributed by atoms with Gasteiger partial charge >= 0.3 is 0 Å². The van der Waals surface area contributed by atoms with Gasteiger partial charge in [0.2, 0.25) is 5.91 Å². The van der Waals surface area contributed by atoms with Crippen LogP contribution in [0.25, 0.3) is 0 Å². The summed E-state index contributed by atoms with van der Waals surface area (Å²) < 4.78 is 5.38. The Labute approximate surface area is 110 Å². The van der Waals surface area contributed by atoms with Crippen LogP contribution >= 0.6 is 0 Å². The fraction of sp³-hybridized carbons (Fsp3) is 0.923. The van der Waals surface area contributed by atoms with Crippen molar-refractivity contribution in [3.05, 3.63) is 0 Å². The maximum Gasteiger partial charge on any atom is 0.250 e. The van der Waals surface area contributed by atoms with Crippen molar-refractivity contribution in [2.24, 2.45) is 0 Å². The van der Waals surface area contributed by atoms with E-state index in [4.69, 9.17) is 4.74 Å². The van der Waals surface area contributed by atoms with Crippen LogP contribution in [-0.2, 0) is 9.53 Å². The summed E-state index contributed by atoms with van der Waals surface area (Å²) in [7, 11) is 2.13. The molecule has 0 bridgehead atoms. The SMILES string of the molecule is CC(C)N(C)CCCCNC(=O)C1CNCCO1. The van der Waals surface area contributed by atoms with Gasteiger partial charge in [-0.1, -0.05) is 0 Å². The number of rotatable bonds is 7. The standard InChI is InChI=1S/C13H27N3O2/c1-11(2)16(3)8-5-4-6-15-13(17)12-10-14-7-9-18-12/h11-12,14H,4-10H2,1-3H3,(H,15,17). The van der Waals surface area contributed by atoms with E-state index in [9.17, 15) is 4.79 Å². The molecule has 1 amide bonds. The molecule has 1 atom stereocenters. The van der Waals surface area contributed by atoms with Crippen molar-refractivity contribution in [3.63, 3.8) is 0 Å². The highest BCUT2D eigenvalue weighted by Crippen LogP contribution is 1.99. The zero-order valence-electron chi connectivity index (χ0n) is 11.9. The predicted octanol–water partition coefficient (Wildman–Crippen LogP) is 0.211. The molecule has 106 valence electrons. The largest absolute Gasteiger partial charge is 0.366 e. The molecule has 1 fully saturated rings. The number of amides is 1. The molecule has 1 aliphatic rings. The molecule has 0 aliphatic carbocycles. The fourth-order valence-electron chi connectivity index (χ4n) is 1.80. The van der Waals surface area contributed by atoms with E-state index in [-0.39, 0.29) is 12.0 Å². The van der Waals surface area contributed by atoms with Crippen molar-refractivity contribution >= 4 is 5.91 Å². The molecule has 1 unspecified atom stereocenters. The van der Waals surface area contributed by atoms with Crippen LogP contribution in [0.4, 0.5) is 0 Å². The minimum atomic E-state index is -0.308. The number of nitrogens with one attached hydrogen (secondary N) is 2. The second kappa shape index (κ2) is 8.45. The molecule has 1 rings (SSSR count). The number of morpholine rings is 1. The molecule has 0 saturated carbocycles. The van der Waals surface area contributed by atoms with Gasteiger partial charge in [-0.05, 0) is 40.3 Å². The number of hydrogen-bond donors (Lipinski definition) is 2. The second-order valence-electron chi connectivity index (χ2n) is 5.14. The molecule has 0 aromatic carbocycles. The highest BCUT2D eigenvalue weighted by Gasteiger charge is 2.20. The zero-order valence-corrected chi connectivity index (χ0v) is 11.9. The third kappa shape index (κ3) is 5.80. The minimum absolute atomic E-state index is 0.0133. The van der Waals surface area contributed by atoms with Crippen LogP contribution in [0.3, 0.4) is 0 Å². The number of carbonyl (C=O) groups excluding carboxylic acids is 1. The van der Waals surface area contributed by atoms with Crippen molar-refractivity contribution in [1.29, 1.82) is 0 Å². The Morgan fingerprint density at radius 1 is 1.50 bits per heavy atom. The van der Waals surface area contributed by atoms with E-state index in [1.54, 1.807) is 0 Å². The van der Waals surface area contributed by atoms with Crippen LogP contribution in [0.5, 0.6) is 0 Å². The third-order valence-electron chi connectivity index (χ3n) is 3.34. The van der Waals surface area contributed by atoms with E-state index in [1.807, 2.05) is 0 Å². The summed E-state index contributed by atoms with van der Waals surface area (Å²) in [5.41, 5.74) is 0. The number of carbonyl (C=O) groups is 1. The lowest BCUT2D eigenvalue weighted by Gasteiger charge is -2.23. The molecule has 0 aromatic heterocycles. The van der Waals surface area contributed by atoms with Gasteiger partial charge in [0.1, 0.15) is 6.10 Å². The smallest absolute Gasteiger partial charge is 0.250 e. The maximum absolute atomic E-state index is 11.7. The van der Waals surface area contributed by atoms with Gasteiger partial charge in [0.25, 0.3) is 0 Å². The Morgan fingerprint density at radius 2 is 2.28 bits per heavy atom. The van der Waals surface area contributed by atoms with Crippen LogP contribution in [0.1, 0.15) is 26.7 Å². The van der Waals surface area contributed by atoms with Crippen molar-refractivity contribution in [2.75, 3.05) is 39.8 Å². The van der Waals surface area contributed by atoms with Gasteiger partial charge in [0.05, 0.1) is 6.61 Å². The molecule has 1 aliphatic heterocycles. The molecule has 18 heavy (non-hydrogen) atoms. The van der Waals surface area contributed by atoms with Crippen LogP contribution in [-0.4, -0.2) is 62.8 Å². The molecule has 5 heteroatoms. The van der Waals surface area contributed by atoms with Gasteiger partial charge in [-0.2, -0.15) is 0 Å². The Bertz CT molecular complexity index is 240. The second-order valence-corrected chi connectivity index (χ2v) is 5.14. The Morgan fingerprint density at radius 3 is 2.89 bits per heavy atom. The summed E-state index contributed by atoms with van der Waals surface area (Å²) in [6, 6.07) is 0.585. The summed E-state index contributed by atoms with van der Waals surface area (Å²) in [5, 5.41) is 6.09. The number of nitrogens with zero attached hydrogens (tertiary/aromatic N) is 1. The van der Waals surface area contributed by atoms with E-state index in [0.717, 1.165) is 32.5 Å². The Hall–Kier alpha value is -0.650. The van der Waals surface area contributed by atoms with Crippen molar-refractivity contribution in [3.8, 4) is 0 Å². The van der Waals surface area contributed by atoms with E-state index >= 15 is 0 Å². The normalized spacial score (nSPS) is 20.4. The average Bonchev–Trinajstić information content (AvgIpc) is 2.38. The van der Waals surface area contributed by atoms with E-state index in [2.05, 4.69) is 36.4 Å². The van der Waals surface area contributed by atoms with Gasteiger partial charge in [-0.25, -0.2) is 0 Å². The van der Waals surface area contributed by atoms with Crippen molar-refractivity contribution in [1.82, 2.24) is 15.5 Å². The van der Waals surface area contributed by atoms with Crippen molar-refractivity contribution < 1.29 is 9.53 Å². The molecule has 1 heterocycles. The minimum Gasteiger partial charge on any atom is -0.366 e. The van der Waals surface area contributed by atoms with Crippen LogP contribution in [0.2, 0.25) is 0 Å². The summed E-state index contributed by atoms with van der Waals surface area (Å²) in [6.07, 6.45) is 1.82. The summed E-state index contributed by atoms with van der Waals surface area (Å²) in [5.74, 6) is 0.0133. The highest BCUT2D eigenvalue weighted by atomic mass is 16.5. The van der Waals surface area contributed by atoms with E-state index in [0.29, 0.717) is 19.2 Å². The van der Waals surface area contributed by atoms with Crippen molar-refractivity contribution in [2.45, 2.75) is 38.8 Å². The summed E-state index contributed by atoms with van der Waals surface area (Å²) in [4.78, 5) is 14.0. The first-order chi connectivity index (χ1) is 8.61. The first-order valence-electron chi connectivity index (χ1n) is 6.91. The lowest BCUT2D eigenvalue weighted by molar-refractivity contribution is -0.134. The molecular weight excluding hydrogens is 230 g/mol. The monoisotopic (exact) mass is 257 g/mol. The van der Waals surface area contributed by atoms with Gasteiger partial charge in [0.15, 0.2) is 0 Å². The summed E-state index contributed by atoms with van der Waals surface area (Å²) >= 11 is 0. The predicted molar refractivity (Wildman–Crippen MR) is 72.6 cm³/mol. The average molecular weight is 257 g/mol. The van der Waals surface area contributed by atoms with E-state index in [1.165, 1.54) is 0 Å². The first-order valence-corrected chi connectivity index (χ1v) is 6.91. The molecule has 0 spiro atoms. The molecule has 2 N–H and O–H groups in total. The lowest BCUT2D eigenvalue weighted by atomic mass is 10.2. The molecule has 0 aromatic rings. The van der Waals surface area contributed by atoms with Gasteiger partial charge in [-0.15, -0.1) is 0 Å². The molecule has 0 radical (unpaired) electrons. The van der Waals surface area contributed by atoms with Crippen LogP contribution in [0, 0.1) is 0 Å². The first kappa shape index (κ1) is 15.4. The number of hydrogen-bond acceptors (Lipinski definition) is 4.